The predicted molar refractivity (Wildman–Crippen MR) is 138 cm³/mol. The van der Waals surface area contributed by atoms with Crippen LogP contribution in [0.2, 0.25) is 0 Å². The highest BCUT2D eigenvalue weighted by molar-refractivity contribution is 7.90. The second-order valence-corrected chi connectivity index (χ2v) is 11.8. The van der Waals surface area contributed by atoms with Crippen molar-refractivity contribution in [2.75, 3.05) is 18.4 Å². The fourth-order valence-electron chi connectivity index (χ4n) is 5.38. The van der Waals surface area contributed by atoms with Gasteiger partial charge in [-0.15, -0.1) is 0 Å². The highest BCUT2D eigenvalue weighted by Crippen LogP contribution is 2.49. The number of benzene rings is 1. The number of hydrogen-bond acceptors (Lipinski definition) is 8. The van der Waals surface area contributed by atoms with Crippen LogP contribution in [0.15, 0.2) is 59.8 Å². The number of fused-ring (bicyclic) bond motifs is 1. The maximum absolute atomic E-state index is 14.2. The third-order valence-corrected chi connectivity index (χ3v) is 9.30. The molecular weight excluding hydrogens is 563 g/mol. The molecule has 1 atom stereocenters. The highest BCUT2D eigenvalue weighted by Gasteiger charge is 2.56. The van der Waals surface area contributed by atoms with E-state index in [9.17, 15) is 36.8 Å². The van der Waals surface area contributed by atoms with E-state index in [1.165, 1.54) is 41.3 Å². The van der Waals surface area contributed by atoms with Crippen molar-refractivity contribution in [1.29, 1.82) is 5.26 Å². The minimum Gasteiger partial charge on any atom is -0.465 e. The van der Waals surface area contributed by atoms with Gasteiger partial charge in [0.1, 0.15) is 17.3 Å². The van der Waals surface area contributed by atoms with Gasteiger partial charge in [-0.3, -0.25) is 0 Å². The van der Waals surface area contributed by atoms with Crippen molar-refractivity contribution in [3.8, 4) is 17.3 Å². The highest BCUT2D eigenvalue weighted by atomic mass is 32.2. The number of hydrogen-bond donors (Lipinski definition) is 2. The fourth-order valence-corrected chi connectivity index (χ4v) is 6.72. The average Bonchev–Trinajstić information content (AvgIpc) is 3.29. The molecule has 1 aliphatic heterocycles. The molecule has 6 rings (SSSR count). The van der Waals surface area contributed by atoms with Gasteiger partial charge in [0.05, 0.1) is 10.6 Å². The Labute approximate surface area is 230 Å². The summed E-state index contributed by atoms with van der Waals surface area (Å²) >= 11 is 0. The Bertz CT molecular complexity index is 1850. The molecule has 3 aromatic heterocycles. The Morgan fingerprint density at radius 2 is 1.88 bits per heavy atom. The molecule has 210 valence electrons. The lowest BCUT2D eigenvalue weighted by Crippen LogP contribution is -2.69. The summed E-state index contributed by atoms with van der Waals surface area (Å²) in [4.78, 5) is 24.5. The number of halogens is 3. The minimum absolute atomic E-state index is 0.0369. The van der Waals surface area contributed by atoms with Gasteiger partial charge in [0.2, 0.25) is 5.95 Å². The van der Waals surface area contributed by atoms with Crippen molar-refractivity contribution >= 4 is 33.1 Å². The molecule has 4 heterocycles. The molecule has 2 N–H and O–H groups in total. The van der Waals surface area contributed by atoms with Crippen LogP contribution in [0.3, 0.4) is 0 Å². The van der Waals surface area contributed by atoms with E-state index in [1.54, 1.807) is 6.07 Å². The Morgan fingerprint density at radius 1 is 1.15 bits per heavy atom. The molecule has 15 heteroatoms. The number of pyridine rings is 1. The van der Waals surface area contributed by atoms with Crippen LogP contribution in [0.5, 0.6) is 0 Å². The topological polar surface area (TPSA) is 154 Å². The number of rotatable bonds is 5. The first-order valence-electron chi connectivity index (χ1n) is 12.3. The number of carbonyl (C=O) groups is 1. The average molecular weight is 584 g/mol. The molecule has 41 heavy (non-hydrogen) atoms. The molecule has 1 saturated carbocycles. The van der Waals surface area contributed by atoms with Gasteiger partial charge in [-0.1, -0.05) is 18.2 Å². The lowest BCUT2D eigenvalue weighted by atomic mass is 9.59. The lowest BCUT2D eigenvalue weighted by Gasteiger charge is -2.59. The first-order valence-corrected chi connectivity index (χ1v) is 13.8. The second-order valence-electron chi connectivity index (χ2n) is 10.0. The zero-order valence-electron chi connectivity index (χ0n) is 21.0. The third kappa shape index (κ3) is 4.31. The first kappa shape index (κ1) is 26.5. The van der Waals surface area contributed by atoms with E-state index in [2.05, 4.69) is 20.3 Å². The number of likely N-dealkylation sites (tertiary alicyclic amines) is 1. The SMILES string of the molecule is N#Cc1ccc2c(-c3nc(NC4CCC45CN(C(=O)O)C5)ncc3C(F)(F)F)cn(S(=O)(=O)c3ccccc3)c2n1. The molecule has 1 spiro atoms. The summed E-state index contributed by atoms with van der Waals surface area (Å²) in [6.07, 6.45) is -2.86. The number of aromatic nitrogens is 4. The number of amides is 1. The van der Waals surface area contributed by atoms with E-state index in [0.717, 1.165) is 16.6 Å². The molecule has 1 amide bonds. The van der Waals surface area contributed by atoms with Crippen molar-refractivity contribution in [2.45, 2.75) is 30.0 Å². The molecule has 0 bridgehead atoms. The van der Waals surface area contributed by atoms with Crippen molar-refractivity contribution < 1.29 is 31.5 Å². The summed E-state index contributed by atoms with van der Waals surface area (Å²) in [5.74, 6) is -0.112. The van der Waals surface area contributed by atoms with Crippen molar-refractivity contribution in [3.05, 3.63) is 66.1 Å². The predicted octanol–water partition coefficient (Wildman–Crippen LogP) is 4.18. The smallest absolute Gasteiger partial charge is 0.419 e. The zero-order valence-corrected chi connectivity index (χ0v) is 21.8. The Balaban J connectivity index is 1.48. The van der Waals surface area contributed by atoms with Gasteiger partial charge in [-0.2, -0.15) is 18.4 Å². The van der Waals surface area contributed by atoms with Gasteiger partial charge < -0.3 is 15.3 Å². The van der Waals surface area contributed by atoms with Gasteiger partial charge in [0.25, 0.3) is 10.0 Å². The lowest BCUT2D eigenvalue weighted by molar-refractivity contribution is -0.137. The minimum atomic E-state index is -4.88. The number of nitriles is 1. The summed E-state index contributed by atoms with van der Waals surface area (Å²) in [7, 11) is -4.32. The van der Waals surface area contributed by atoms with Crippen LogP contribution in [0, 0.1) is 16.7 Å². The van der Waals surface area contributed by atoms with Crippen LogP contribution in [0.1, 0.15) is 24.1 Å². The fraction of sp³-hybridized carbons (Fsp3) is 0.269. The normalized spacial score (nSPS) is 18.0. The molecule has 1 aliphatic carbocycles. The van der Waals surface area contributed by atoms with Crippen LogP contribution in [-0.2, 0) is 16.2 Å². The number of alkyl halides is 3. The number of carboxylic acid groups (broad SMARTS) is 1. The standard InChI is InChI=1S/C26H20F3N7O4S/c27-26(28,29)19-11-31-23(33-20-8-9-25(20)13-35(14-25)24(37)38)34-21(19)18-12-36(22-17(18)7-6-15(10-30)32-22)41(39,40)16-4-2-1-3-5-16/h1-7,11-12,20H,8-9,13-14H2,(H,37,38)(H,31,33,34). The summed E-state index contributed by atoms with van der Waals surface area (Å²) in [6, 6.07) is 11.5. The molecule has 4 aromatic rings. The number of anilines is 1. The summed E-state index contributed by atoms with van der Waals surface area (Å²) in [5.41, 5.74) is -2.63. The maximum Gasteiger partial charge on any atom is 0.419 e. The summed E-state index contributed by atoms with van der Waals surface area (Å²) in [5, 5.41) is 21.6. The second kappa shape index (κ2) is 9.16. The van der Waals surface area contributed by atoms with Crippen LogP contribution >= 0.6 is 0 Å². The largest absolute Gasteiger partial charge is 0.465 e. The van der Waals surface area contributed by atoms with Gasteiger partial charge in [0.15, 0.2) is 5.65 Å². The Hall–Kier alpha value is -4.71. The van der Waals surface area contributed by atoms with E-state index < -0.39 is 33.6 Å². The third-order valence-electron chi connectivity index (χ3n) is 7.64. The molecular formula is C26H20F3N7O4S. The van der Waals surface area contributed by atoms with E-state index in [1.807, 2.05) is 6.07 Å². The van der Waals surface area contributed by atoms with Gasteiger partial charge >= 0.3 is 12.3 Å². The van der Waals surface area contributed by atoms with E-state index in [-0.39, 0.29) is 44.6 Å². The maximum atomic E-state index is 14.2. The van der Waals surface area contributed by atoms with E-state index in [4.69, 9.17) is 0 Å². The summed E-state index contributed by atoms with van der Waals surface area (Å²) < 4.78 is 70.4. The first-order chi connectivity index (χ1) is 19.4. The molecule has 2 fully saturated rings. The van der Waals surface area contributed by atoms with E-state index >= 15 is 0 Å². The van der Waals surface area contributed by atoms with Crippen LogP contribution < -0.4 is 5.32 Å². The summed E-state index contributed by atoms with van der Waals surface area (Å²) in [6.45, 7) is 0.594. The Kier molecular flexibility index (Phi) is 5.93. The molecule has 1 aromatic carbocycles. The van der Waals surface area contributed by atoms with E-state index in [0.29, 0.717) is 25.7 Å². The quantitative estimate of drug-likeness (QED) is 0.352. The molecule has 11 nitrogen and oxygen atoms in total. The molecule has 1 unspecified atom stereocenters. The Morgan fingerprint density at radius 3 is 2.49 bits per heavy atom. The molecule has 0 radical (unpaired) electrons. The zero-order chi connectivity index (χ0) is 29.2. The van der Waals surface area contributed by atoms with Crippen molar-refractivity contribution in [3.63, 3.8) is 0 Å². The number of nitrogens with one attached hydrogen (secondary N) is 1. The number of nitrogens with zero attached hydrogens (tertiary/aromatic N) is 6. The molecule has 1 saturated heterocycles. The van der Waals surface area contributed by atoms with Crippen molar-refractivity contribution in [2.24, 2.45) is 5.41 Å². The van der Waals surface area contributed by atoms with Crippen LogP contribution in [0.25, 0.3) is 22.3 Å². The van der Waals surface area contributed by atoms with Gasteiger partial charge in [-0.05, 0) is 37.1 Å². The van der Waals surface area contributed by atoms with Gasteiger partial charge in [0, 0.05) is 47.9 Å². The van der Waals surface area contributed by atoms with Crippen molar-refractivity contribution in [1.82, 2.24) is 23.8 Å². The monoisotopic (exact) mass is 583 g/mol. The van der Waals surface area contributed by atoms with Crippen LogP contribution in [0.4, 0.5) is 23.9 Å². The molecule has 2 aliphatic rings. The van der Waals surface area contributed by atoms with Crippen LogP contribution in [-0.4, -0.2) is 62.6 Å². The van der Waals surface area contributed by atoms with Gasteiger partial charge in [-0.25, -0.2) is 32.1 Å².